The monoisotopic (exact) mass is 378 g/mol. The largest absolute Gasteiger partial charge is 0.325 e. The summed E-state index contributed by atoms with van der Waals surface area (Å²) >= 11 is 0. The number of benzene rings is 1. The summed E-state index contributed by atoms with van der Waals surface area (Å²) in [6.45, 7) is 11.9. The van der Waals surface area contributed by atoms with Crippen LogP contribution in [0.3, 0.4) is 0 Å². The summed E-state index contributed by atoms with van der Waals surface area (Å²) in [5.74, 6) is 0.217. The van der Waals surface area contributed by atoms with Crippen LogP contribution in [0.4, 0.5) is 11.4 Å². The molecule has 0 saturated heterocycles. The number of nitrogens with one attached hydrogen (secondary N) is 2. The Bertz CT molecular complexity index is 821. The molecule has 1 aliphatic carbocycles. The predicted molar refractivity (Wildman–Crippen MR) is 108 cm³/mol. The van der Waals surface area contributed by atoms with Crippen LogP contribution in [0.25, 0.3) is 0 Å². The van der Waals surface area contributed by atoms with E-state index in [1.54, 1.807) is 18.2 Å². The first kappa shape index (κ1) is 20.5. The highest BCUT2D eigenvalue weighted by molar-refractivity contribution is 7.92. The van der Waals surface area contributed by atoms with Crippen molar-refractivity contribution >= 4 is 27.3 Å². The Hall–Kier alpha value is -1.82. The van der Waals surface area contributed by atoms with Crippen molar-refractivity contribution in [2.24, 2.45) is 17.3 Å². The van der Waals surface area contributed by atoms with E-state index >= 15 is 0 Å². The van der Waals surface area contributed by atoms with Crippen molar-refractivity contribution in [1.29, 1.82) is 0 Å². The van der Waals surface area contributed by atoms with Gasteiger partial charge in [0, 0.05) is 5.69 Å². The molecule has 0 spiro atoms. The van der Waals surface area contributed by atoms with Crippen LogP contribution >= 0.6 is 0 Å². The van der Waals surface area contributed by atoms with E-state index in [9.17, 15) is 13.2 Å². The first-order chi connectivity index (χ1) is 12.0. The molecule has 2 N–H and O–H groups in total. The van der Waals surface area contributed by atoms with Crippen molar-refractivity contribution in [2.45, 2.75) is 48.0 Å². The van der Waals surface area contributed by atoms with Gasteiger partial charge in [-0.25, -0.2) is 8.42 Å². The van der Waals surface area contributed by atoms with Crippen LogP contribution in [0.1, 0.15) is 46.6 Å². The summed E-state index contributed by atoms with van der Waals surface area (Å²) < 4.78 is 26.7. The van der Waals surface area contributed by atoms with Crippen LogP contribution in [0.2, 0.25) is 0 Å². The number of anilines is 2. The van der Waals surface area contributed by atoms with E-state index in [4.69, 9.17) is 0 Å². The lowest BCUT2D eigenvalue weighted by Crippen LogP contribution is -2.19. The van der Waals surface area contributed by atoms with Gasteiger partial charge >= 0.3 is 0 Å². The number of rotatable bonds is 7. The van der Waals surface area contributed by atoms with E-state index in [0.29, 0.717) is 17.8 Å². The van der Waals surface area contributed by atoms with Crippen LogP contribution in [0, 0.1) is 24.2 Å². The minimum Gasteiger partial charge on any atom is -0.325 e. The standard InChI is InChI=1S/C20H30N2O3S/c1-7-11-26(24,25)22-17-10-8-9-16(14(17)4)21-19(23)18-15(12-13(2)3)20(18,5)6/h8-10,12,15,18,22H,7,11H2,1-6H3,(H,21,23). The van der Waals surface area contributed by atoms with Gasteiger partial charge in [0.05, 0.1) is 17.4 Å². The number of carbonyl (C=O) groups excluding carboxylic acids is 1. The van der Waals surface area contributed by atoms with Crippen molar-refractivity contribution in [2.75, 3.05) is 15.8 Å². The molecule has 2 rings (SSSR count). The molecule has 5 nitrogen and oxygen atoms in total. The average Bonchev–Trinajstić information content (AvgIpc) is 3.03. The Morgan fingerprint density at radius 1 is 1.23 bits per heavy atom. The molecule has 1 saturated carbocycles. The normalized spacial score (nSPS) is 21.0. The fourth-order valence-corrected chi connectivity index (χ4v) is 4.62. The van der Waals surface area contributed by atoms with Gasteiger partial charge in [-0.3, -0.25) is 9.52 Å². The lowest BCUT2D eigenvalue weighted by molar-refractivity contribution is -0.118. The molecule has 0 bridgehead atoms. The minimum absolute atomic E-state index is 0.0193. The minimum atomic E-state index is -3.37. The van der Waals surface area contributed by atoms with Gasteiger partial charge in [-0.05, 0) is 56.2 Å². The molecule has 1 aliphatic rings. The number of amides is 1. The van der Waals surface area contributed by atoms with E-state index in [1.807, 2.05) is 27.7 Å². The predicted octanol–water partition coefficient (Wildman–Crippen LogP) is 4.32. The molecule has 1 fully saturated rings. The van der Waals surface area contributed by atoms with Gasteiger partial charge < -0.3 is 5.32 Å². The fraction of sp³-hybridized carbons (Fsp3) is 0.550. The molecule has 26 heavy (non-hydrogen) atoms. The lowest BCUT2D eigenvalue weighted by Gasteiger charge is -2.14. The highest BCUT2D eigenvalue weighted by atomic mass is 32.2. The molecule has 0 heterocycles. The molecule has 1 amide bonds. The van der Waals surface area contributed by atoms with E-state index in [2.05, 4.69) is 30.0 Å². The average molecular weight is 379 g/mol. The molecule has 2 unspecified atom stereocenters. The number of carbonyl (C=O) groups is 1. The summed E-state index contributed by atoms with van der Waals surface area (Å²) in [7, 11) is -3.37. The van der Waals surface area contributed by atoms with Gasteiger partial charge in [-0.1, -0.05) is 38.5 Å². The maximum Gasteiger partial charge on any atom is 0.232 e. The second-order valence-corrected chi connectivity index (χ2v) is 9.80. The summed E-state index contributed by atoms with van der Waals surface area (Å²) in [4.78, 5) is 12.8. The fourth-order valence-electron chi connectivity index (χ4n) is 3.43. The van der Waals surface area contributed by atoms with E-state index in [-0.39, 0.29) is 28.9 Å². The van der Waals surface area contributed by atoms with E-state index in [1.165, 1.54) is 5.57 Å². The Morgan fingerprint density at radius 3 is 2.42 bits per heavy atom. The Morgan fingerprint density at radius 2 is 1.85 bits per heavy atom. The molecule has 1 aromatic rings. The highest BCUT2D eigenvalue weighted by Crippen LogP contribution is 2.59. The zero-order valence-electron chi connectivity index (χ0n) is 16.5. The van der Waals surface area contributed by atoms with Crippen molar-refractivity contribution in [3.05, 3.63) is 35.4 Å². The third-order valence-corrected chi connectivity index (χ3v) is 6.51. The summed E-state index contributed by atoms with van der Waals surface area (Å²) in [6, 6.07) is 5.26. The first-order valence-corrected chi connectivity index (χ1v) is 10.7. The number of allylic oxidation sites excluding steroid dienone is 2. The molecule has 0 radical (unpaired) electrons. The van der Waals surface area contributed by atoms with Crippen LogP contribution in [0.5, 0.6) is 0 Å². The smallest absolute Gasteiger partial charge is 0.232 e. The topological polar surface area (TPSA) is 75.3 Å². The summed E-state index contributed by atoms with van der Waals surface area (Å²) in [6.07, 6.45) is 2.71. The maximum atomic E-state index is 12.8. The molecule has 0 aromatic heterocycles. The molecule has 144 valence electrons. The Labute approximate surface area is 157 Å². The van der Waals surface area contributed by atoms with Crippen LogP contribution < -0.4 is 10.0 Å². The van der Waals surface area contributed by atoms with Gasteiger partial charge in [0.15, 0.2) is 0 Å². The van der Waals surface area contributed by atoms with Gasteiger partial charge in [0.1, 0.15) is 0 Å². The van der Waals surface area contributed by atoms with Crippen molar-refractivity contribution in [3.8, 4) is 0 Å². The van der Waals surface area contributed by atoms with Gasteiger partial charge in [0.25, 0.3) is 0 Å². The zero-order valence-corrected chi connectivity index (χ0v) is 17.3. The van der Waals surface area contributed by atoms with Gasteiger partial charge in [-0.2, -0.15) is 0 Å². The van der Waals surface area contributed by atoms with E-state index < -0.39 is 10.0 Å². The van der Waals surface area contributed by atoms with Gasteiger partial charge in [0.2, 0.25) is 15.9 Å². The van der Waals surface area contributed by atoms with Crippen LogP contribution in [0.15, 0.2) is 29.8 Å². The zero-order chi connectivity index (χ0) is 19.7. The summed E-state index contributed by atoms with van der Waals surface area (Å²) in [5.41, 5.74) is 3.02. The number of hydrogen-bond donors (Lipinski definition) is 2. The number of sulfonamides is 1. The van der Waals surface area contributed by atoms with Crippen molar-refractivity contribution in [1.82, 2.24) is 0 Å². The van der Waals surface area contributed by atoms with Crippen LogP contribution in [-0.4, -0.2) is 20.1 Å². The molecule has 0 aliphatic heterocycles. The first-order valence-electron chi connectivity index (χ1n) is 9.05. The van der Waals surface area contributed by atoms with Crippen molar-refractivity contribution < 1.29 is 13.2 Å². The second kappa shape index (κ2) is 7.43. The lowest BCUT2D eigenvalue weighted by atomic mass is 10.1. The molecule has 6 heteroatoms. The van der Waals surface area contributed by atoms with Crippen molar-refractivity contribution in [3.63, 3.8) is 0 Å². The summed E-state index contributed by atoms with van der Waals surface area (Å²) in [5, 5.41) is 2.99. The Balaban J connectivity index is 2.17. The quantitative estimate of drug-likeness (QED) is 0.694. The highest BCUT2D eigenvalue weighted by Gasteiger charge is 2.60. The second-order valence-electron chi connectivity index (χ2n) is 7.96. The maximum absolute atomic E-state index is 12.8. The molecular weight excluding hydrogens is 348 g/mol. The van der Waals surface area contributed by atoms with E-state index in [0.717, 1.165) is 5.56 Å². The third-order valence-electron chi connectivity index (χ3n) is 5.04. The van der Waals surface area contributed by atoms with Crippen LogP contribution in [-0.2, 0) is 14.8 Å². The third kappa shape index (κ3) is 4.47. The molecule has 2 atom stereocenters. The SMILES string of the molecule is CCCS(=O)(=O)Nc1cccc(NC(=O)C2C(C=C(C)C)C2(C)C)c1C. The molecule has 1 aromatic carbocycles. The molecular formula is C20H30N2O3S. The number of hydrogen-bond acceptors (Lipinski definition) is 3. The van der Waals surface area contributed by atoms with Gasteiger partial charge in [-0.15, -0.1) is 0 Å². The Kier molecular flexibility index (Phi) is 5.85.